The maximum Gasteiger partial charge on any atom is 0.222 e. The Bertz CT molecular complexity index is 482. The molecule has 1 saturated heterocycles. The standard InChI is InChI=1S/C13H21N5O2/c1-19-11-7-20-6-10(11)16-12-8-2-4-15-5-3-9(8)17-13(14)18-12/h10-11,15H,2-7H2,1H3,(H3,14,16,17,18)/t10-,11-/m1/s1. The molecule has 3 rings (SSSR count). The first kappa shape index (κ1) is 13.5. The summed E-state index contributed by atoms with van der Waals surface area (Å²) in [6.07, 6.45) is 1.83. The molecule has 1 aromatic rings. The molecule has 0 radical (unpaired) electrons. The fourth-order valence-electron chi connectivity index (χ4n) is 2.76. The number of hydrogen-bond donors (Lipinski definition) is 3. The fraction of sp³-hybridized carbons (Fsp3) is 0.692. The van der Waals surface area contributed by atoms with Crippen LogP contribution >= 0.6 is 0 Å². The van der Waals surface area contributed by atoms with E-state index in [1.165, 1.54) is 0 Å². The molecule has 1 fully saturated rings. The number of aromatic nitrogens is 2. The molecule has 7 heteroatoms. The number of anilines is 2. The molecular formula is C13H21N5O2. The highest BCUT2D eigenvalue weighted by Gasteiger charge is 2.29. The van der Waals surface area contributed by atoms with Crippen molar-refractivity contribution < 1.29 is 9.47 Å². The van der Waals surface area contributed by atoms with Crippen LogP contribution in [-0.2, 0) is 22.3 Å². The minimum atomic E-state index is 0.0470. The van der Waals surface area contributed by atoms with Crippen molar-refractivity contribution in [3.8, 4) is 0 Å². The molecule has 2 aliphatic rings. The number of fused-ring (bicyclic) bond motifs is 1. The molecule has 4 N–H and O–H groups in total. The first-order chi connectivity index (χ1) is 9.78. The summed E-state index contributed by atoms with van der Waals surface area (Å²) in [5.74, 6) is 1.15. The van der Waals surface area contributed by atoms with Crippen LogP contribution in [0.25, 0.3) is 0 Å². The van der Waals surface area contributed by atoms with E-state index in [4.69, 9.17) is 15.2 Å². The largest absolute Gasteiger partial charge is 0.377 e. The molecule has 110 valence electrons. The number of nitrogens with zero attached hydrogens (tertiary/aromatic N) is 2. The van der Waals surface area contributed by atoms with Crippen LogP contribution in [0.3, 0.4) is 0 Å². The Morgan fingerprint density at radius 3 is 3.00 bits per heavy atom. The van der Waals surface area contributed by atoms with E-state index in [0.29, 0.717) is 19.2 Å². The lowest BCUT2D eigenvalue weighted by atomic mass is 10.1. The first-order valence-corrected chi connectivity index (χ1v) is 7.01. The minimum Gasteiger partial charge on any atom is -0.377 e. The van der Waals surface area contributed by atoms with Crippen LogP contribution in [0.5, 0.6) is 0 Å². The fourth-order valence-corrected chi connectivity index (χ4v) is 2.76. The zero-order valence-corrected chi connectivity index (χ0v) is 11.7. The summed E-state index contributed by atoms with van der Waals surface area (Å²) in [6.45, 7) is 3.09. The van der Waals surface area contributed by atoms with Crippen LogP contribution in [0.15, 0.2) is 0 Å². The van der Waals surface area contributed by atoms with Crippen molar-refractivity contribution in [2.45, 2.75) is 25.0 Å². The number of nitrogen functional groups attached to an aromatic ring is 1. The van der Waals surface area contributed by atoms with Gasteiger partial charge in [0.25, 0.3) is 0 Å². The van der Waals surface area contributed by atoms with Crippen LogP contribution in [0, 0.1) is 0 Å². The lowest BCUT2D eigenvalue weighted by Gasteiger charge is -2.21. The number of hydrogen-bond acceptors (Lipinski definition) is 7. The molecule has 0 bridgehead atoms. The van der Waals surface area contributed by atoms with E-state index in [2.05, 4.69) is 20.6 Å². The minimum absolute atomic E-state index is 0.0470. The number of ether oxygens (including phenoxy) is 2. The molecule has 0 amide bonds. The smallest absolute Gasteiger partial charge is 0.222 e. The van der Waals surface area contributed by atoms with E-state index >= 15 is 0 Å². The van der Waals surface area contributed by atoms with Gasteiger partial charge in [-0.15, -0.1) is 0 Å². The van der Waals surface area contributed by atoms with E-state index in [0.717, 1.165) is 43.0 Å². The number of nitrogens with two attached hydrogens (primary N) is 1. The second kappa shape index (κ2) is 5.90. The number of methoxy groups -OCH3 is 1. The van der Waals surface area contributed by atoms with E-state index in [-0.39, 0.29) is 12.1 Å². The van der Waals surface area contributed by atoms with E-state index in [1.54, 1.807) is 7.11 Å². The van der Waals surface area contributed by atoms with Gasteiger partial charge in [0.2, 0.25) is 5.95 Å². The van der Waals surface area contributed by atoms with Crippen LogP contribution in [-0.4, -0.2) is 55.5 Å². The van der Waals surface area contributed by atoms with Gasteiger partial charge in [-0.1, -0.05) is 0 Å². The van der Waals surface area contributed by atoms with Crippen LogP contribution in [0.1, 0.15) is 11.3 Å². The molecule has 0 unspecified atom stereocenters. The highest BCUT2D eigenvalue weighted by atomic mass is 16.5. The Hall–Kier alpha value is -1.44. The molecule has 0 aromatic carbocycles. The highest BCUT2D eigenvalue weighted by molar-refractivity contribution is 5.51. The molecule has 20 heavy (non-hydrogen) atoms. The predicted octanol–water partition coefficient (Wildman–Crippen LogP) is -0.427. The quantitative estimate of drug-likeness (QED) is 0.691. The maximum atomic E-state index is 5.83. The van der Waals surface area contributed by atoms with Crippen LogP contribution < -0.4 is 16.4 Å². The summed E-state index contributed by atoms with van der Waals surface area (Å²) in [4.78, 5) is 8.75. The molecule has 2 atom stereocenters. The lowest BCUT2D eigenvalue weighted by Crippen LogP contribution is -2.34. The van der Waals surface area contributed by atoms with Gasteiger partial charge in [0.05, 0.1) is 24.9 Å². The molecule has 1 aromatic heterocycles. The molecule has 0 saturated carbocycles. The summed E-state index contributed by atoms with van der Waals surface area (Å²) < 4.78 is 10.9. The Kier molecular flexibility index (Phi) is 4.00. The summed E-state index contributed by atoms with van der Waals surface area (Å²) in [7, 11) is 1.70. The van der Waals surface area contributed by atoms with E-state index < -0.39 is 0 Å². The summed E-state index contributed by atoms with van der Waals surface area (Å²) in [5.41, 5.74) is 8.03. The third-order valence-electron chi connectivity index (χ3n) is 3.85. The second-order valence-corrected chi connectivity index (χ2v) is 5.17. The summed E-state index contributed by atoms with van der Waals surface area (Å²) >= 11 is 0. The first-order valence-electron chi connectivity index (χ1n) is 7.01. The predicted molar refractivity (Wildman–Crippen MR) is 75.7 cm³/mol. The molecule has 7 nitrogen and oxygen atoms in total. The van der Waals surface area contributed by atoms with Crippen LogP contribution in [0.2, 0.25) is 0 Å². The number of nitrogens with one attached hydrogen (secondary N) is 2. The summed E-state index contributed by atoms with van der Waals surface area (Å²) in [5, 5.41) is 6.80. The summed E-state index contributed by atoms with van der Waals surface area (Å²) in [6, 6.07) is 0.106. The van der Waals surface area contributed by atoms with E-state index in [1.807, 2.05) is 0 Å². The van der Waals surface area contributed by atoms with Crippen molar-refractivity contribution in [2.75, 3.05) is 44.5 Å². The average Bonchev–Trinajstić information content (AvgIpc) is 2.74. The Morgan fingerprint density at radius 2 is 2.15 bits per heavy atom. The molecule has 3 heterocycles. The average molecular weight is 279 g/mol. The van der Waals surface area contributed by atoms with Gasteiger partial charge >= 0.3 is 0 Å². The van der Waals surface area contributed by atoms with Gasteiger partial charge < -0.3 is 25.8 Å². The van der Waals surface area contributed by atoms with Crippen molar-refractivity contribution >= 4 is 11.8 Å². The lowest BCUT2D eigenvalue weighted by molar-refractivity contribution is 0.0795. The maximum absolute atomic E-state index is 5.83. The topological polar surface area (TPSA) is 94.3 Å². The van der Waals surface area contributed by atoms with Gasteiger partial charge in [0.15, 0.2) is 0 Å². The zero-order chi connectivity index (χ0) is 13.9. The van der Waals surface area contributed by atoms with Crippen molar-refractivity contribution in [3.63, 3.8) is 0 Å². The van der Waals surface area contributed by atoms with Gasteiger partial charge in [-0.05, 0) is 13.0 Å². The van der Waals surface area contributed by atoms with Gasteiger partial charge in [-0.2, -0.15) is 4.98 Å². The Labute approximate surface area is 118 Å². The number of rotatable bonds is 3. The molecule has 2 aliphatic heterocycles. The van der Waals surface area contributed by atoms with Gasteiger partial charge in [0.1, 0.15) is 11.9 Å². The monoisotopic (exact) mass is 279 g/mol. The zero-order valence-electron chi connectivity index (χ0n) is 11.7. The third-order valence-corrected chi connectivity index (χ3v) is 3.85. The molecule has 0 aliphatic carbocycles. The molecular weight excluding hydrogens is 258 g/mol. The van der Waals surface area contributed by atoms with Crippen molar-refractivity contribution in [1.29, 1.82) is 0 Å². The van der Waals surface area contributed by atoms with Gasteiger partial charge in [-0.25, -0.2) is 4.98 Å². The Balaban J connectivity index is 1.86. The van der Waals surface area contributed by atoms with E-state index in [9.17, 15) is 0 Å². The molecule has 0 spiro atoms. The van der Waals surface area contributed by atoms with Crippen molar-refractivity contribution in [1.82, 2.24) is 15.3 Å². The Morgan fingerprint density at radius 1 is 1.30 bits per heavy atom. The highest BCUT2D eigenvalue weighted by Crippen LogP contribution is 2.23. The van der Waals surface area contributed by atoms with Gasteiger partial charge in [-0.3, -0.25) is 0 Å². The second-order valence-electron chi connectivity index (χ2n) is 5.17. The normalized spacial score (nSPS) is 26.1. The van der Waals surface area contributed by atoms with Gasteiger partial charge in [0, 0.05) is 25.6 Å². The van der Waals surface area contributed by atoms with Crippen molar-refractivity contribution in [3.05, 3.63) is 11.3 Å². The SMILES string of the molecule is CO[C@@H]1COC[C@H]1Nc1nc(N)nc2c1CCNCC2. The van der Waals surface area contributed by atoms with Crippen molar-refractivity contribution in [2.24, 2.45) is 0 Å². The third kappa shape index (κ3) is 2.70. The van der Waals surface area contributed by atoms with Crippen LogP contribution in [0.4, 0.5) is 11.8 Å².